The molecule has 5 N–H and O–H groups in total. The number of carbonyl (C=O) groups excluding carboxylic acids is 5. The summed E-state index contributed by atoms with van der Waals surface area (Å²) in [6, 6.07) is 14.8. The summed E-state index contributed by atoms with van der Waals surface area (Å²) in [5, 5.41) is 21.9. The number of nitrogens with zero attached hydrogens (tertiary/aromatic N) is 3. The van der Waals surface area contributed by atoms with Crippen LogP contribution in [0, 0.1) is 24.2 Å². The number of benzene rings is 2. The Kier molecular flexibility index (Phi) is 25.7. The number of aliphatic hydroxyl groups excluding tert-OH is 1. The van der Waals surface area contributed by atoms with Gasteiger partial charge in [0.2, 0.25) is 23.6 Å². The van der Waals surface area contributed by atoms with E-state index in [0.717, 1.165) is 32.8 Å². The van der Waals surface area contributed by atoms with Gasteiger partial charge in [0, 0.05) is 38.2 Å². The van der Waals surface area contributed by atoms with E-state index in [1.165, 1.54) is 18.2 Å². The first-order valence-electron chi connectivity index (χ1n) is 27.6. The standard InChI is InChI=1S/C59H78F3N7O12S/c1-39-53(82-38-67-39)44-14-10-41(11-15-44)33-66-56(74)49-32-47(70)36-69(49)57(75)54(58(2,3)4)68-52(72)37-81-28-27-80-26-25-79-24-23-78-22-21-77-20-19-63-51(71)30-42-7-6-8-43(29-42)34-65-55(73)48-31-45(50(76-5)35-64-48)16-9-40-12-17-46(18-13-40)59(60,61)62/h6-11,14-16,29,31,35,38,40,46-47,49,54,70H,12-13,17-28,30,32-34,36-37H2,1-5H3,(H,63,71)(H,65,73)(H,66,74)(H,68,72)/b16-9+/t40?,46?,47-,49+,54-/m1/s1. The maximum Gasteiger partial charge on any atom is 0.391 e. The molecule has 0 unspecified atom stereocenters. The van der Waals surface area contributed by atoms with Crippen molar-refractivity contribution in [2.75, 3.05) is 86.3 Å². The number of aliphatic hydroxyl groups is 1. The summed E-state index contributed by atoms with van der Waals surface area (Å²) in [5.41, 5.74) is 6.25. The summed E-state index contributed by atoms with van der Waals surface area (Å²) in [5.74, 6) is -2.79. The topological polar surface area (TPSA) is 238 Å². The van der Waals surface area contributed by atoms with E-state index in [-0.39, 0.29) is 88.6 Å². The van der Waals surface area contributed by atoms with Crippen molar-refractivity contribution in [2.45, 2.75) is 104 Å². The van der Waals surface area contributed by atoms with E-state index in [9.17, 15) is 42.3 Å². The van der Waals surface area contributed by atoms with E-state index < -0.39 is 53.4 Å². The monoisotopic (exact) mass is 1170 g/mol. The van der Waals surface area contributed by atoms with Crippen molar-refractivity contribution in [3.63, 3.8) is 0 Å². The number of β-amino-alcohol motifs (C(OH)–C–C–N with tert-alkyl or cyclic N) is 1. The Balaban J connectivity index is 0.753. The van der Waals surface area contributed by atoms with Gasteiger partial charge < -0.3 is 59.7 Å². The van der Waals surface area contributed by atoms with Crippen LogP contribution in [0.2, 0.25) is 0 Å². The minimum absolute atomic E-state index is 0.0000814. The van der Waals surface area contributed by atoms with Crippen LogP contribution in [0.5, 0.6) is 5.75 Å². The molecule has 1 saturated carbocycles. The lowest BCUT2D eigenvalue weighted by Gasteiger charge is -2.35. The number of allylic oxidation sites excluding steroid dienone is 1. The highest BCUT2D eigenvalue weighted by atomic mass is 32.1. The van der Waals surface area contributed by atoms with E-state index in [2.05, 4.69) is 31.2 Å². The number of pyridine rings is 1. The van der Waals surface area contributed by atoms with Crippen molar-refractivity contribution in [3.8, 4) is 16.2 Å². The molecule has 19 nitrogen and oxygen atoms in total. The number of likely N-dealkylation sites (tertiary alicyclic amines) is 1. The summed E-state index contributed by atoms with van der Waals surface area (Å²) < 4.78 is 72.4. The van der Waals surface area contributed by atoms with Crippen molar-refractivity contribution in [1.82, 2.24) is 36.1 Å². The molecule has 23 heteroatoms. The molecule has 0 bridgehead atoms. The number of nitrogens with one attached hydrogen (secondary N) is 4. The number of alkyl halides is 3. The fourth-order valence-corrected chi connectivity index (χ4v) is 10.2. The van der Waals surface area contributed by atoms with Crippen molar-refractivity contribution in [3.05, 3.63) is 106 Å². The van der Waals surface area contributed by atoms with Crippen LogP contribution in [0.4, 0.5) is 13.2 Å². The number of hydrogen-bond acceptors (Lipinski definition) is 15. The van der Waals surface area contributed by atoms with Crippen LogP contribution in [-0.4, -0.2) is 160 Å². The second kappa shape index (κ2) is 32.5. The average molecular weight is 1170 g/mol. The highest BCUT2D eigenvalue weighted by Crippen LogP contribution is 2.40. The van der Waals surface area contributed by atoms with E-state index >= 15 is 0 Å². The maximum absolute atomic E-state index is 13.9. The molecule has 1 aliphatic heterocycles. The zero-order chi connectivity index (χ0) is 59.1. The second-order valence-electron chi connectivity index (χ2n) is 21.3. The third-order valence-electron chi connectivity index (χ3n) is 13.9. The quantitative estimate of drug-likeness (QED) is 0.0344. The van der Waals surface area contributed by atoms with Crippen LogP contribution in [-0.2, 0) is 62.4 Å². The number of ether oxygens (including phenoxy) is 6. The van der Waals surface area contributed by atoms with Crippen molar-refractivity contribution in [2.24, 2.45) is 17.3 Å². The van der Waals surface area contributed by atoms with E-state index in [1.807, 2.05) is 76.2 Å². The summed E-state index contributed by atoms with van der Waals surface area (Å²) in [4.78, 5) is 77.0. The molecule has 5 amide bonds. The SMILES string of the molecule is COc1cnc(C(=O)NCc2cccc(CC(=O)NCCOCCOCCOCCOCCOCC(=O)N[C@H](C(=O)N3C[C@H](O)C[C@H]3C(=O)NCc3ccc(-c4scnc4C)cc3)C(C)(C)C)c2)cc1/C=C/C1CCC(C(F)(F)F)CC1. The zero-order valence-corrected chi connectivity index (χ0v) is 48.2. The van der Waals surface area contributed by atoms with Crippen molar-refractivity contribution < 1.29 is 70.7 Å². The van der Waals surface area contributed by atoms with Crippen molar-refractivity contribution in [1.29, 1.82) is 0 Å². The van der Waals surface area contributed by atoms with Gasteiger partial charge in [-0.1, -0.05) is 81.5 Å². The summed E-state index contributed by atoms with van der Waals surface area (Å²) in [6.45, 7) is 10.4. The minimum atomic E-state index is -4.17. The van der Waals surface area contributed by atoms with Gasteiger partial charge in [0.25, 0.3) is 5.91 Å². The molecule has 2 fully saturated rings. The van der Waals surface area contributed by atoms with Crippen LogP contribution in [0.1, 0.15) is 91.3 Å². The van der Waals surface area contributed by atoms with E-state index in [1.54, 1.807) is 35.1 Å². The molecule has 2 aromatic heterocycles. The van der Waals surface area contributed by atoms with E-state index in [0.29, 0.717) is 76.9 Å². The Morgan fingerprint density at radius 3 is 2.04 bits per heavy atom. The molecule has 1 aliphatic carbocycles. The molecule has 2 aromatic carbocycles. The van der Waals surface area contributed by atoms with Gasteiger partial charge in [-0.3, -0.25) is 24.0 Å². The number of aryl methyl sites for hydroxylation is 1. The number of carbonyl (C=O) groups is 5. The summed E-state index contributed by atoms with van der Waals surface area (Å²) >= 11 is 1.56. The summed E-state index contributed by atoms with van der Waals surface area (Å²) in [6.07, 6.45) is 1.31. The predicted octanol–water partition coefficient (Wildman–Crippen LogP) is 6.38. The highest BCUT2D eigenvalue weighted by Gasteiger charge is 2.45. The molecule has 3 atom stereocenters. The van der Waals surface area contributed by atoms with Gasteiger partial charge >= 0.3 is 6.18 Å². The van der Waals surface area contributed by atoms with E-state index in [4.69, 9.17) is 28.4 Å². The second-order valence-corrected chi connectivity index (χ2v) is 22.2. The molecular weight excluding hydrogens is 1090 g/mol. The Bertz CT molecular complexity index is 2710. The largest absolute Gasteiger partial charge is 0.495 e. The number of thiazole rings is 1. The number of aromatic nitrogens is 2. The lowest BCUT2D eigenvalue weighted by molar-refractivity contribution is -0.183. The molecule has 3 heterocycles. The number of hydrogen-bond donors (Lipinski definition) is 5. The minimum Gasteiger partial charge on any atom is -0.495 e. The third kappa shape index (κ3) is 21.1. The first-order chi connectivity index (χ1) is 39.3. The smallest absolute Gasteiger partial charge is 0.391 e. The first-order valence-corrected chi connectivity index (χ1v) is 28.5. The molecule has 1 saturated heterocycles. The first kappa shape index (κ1) is 64.8. The fraction of sp³-hybridized carbons (Fsp3) is 0.542. The summed E-state index contributed by atoms with van der Waals surface area (Å²) in [7, 11) is 1.48. The highest BCUT2D eigenvalue weighted by molar-refractivity contribution is 7.13. The molecule has 2 aliphatic rings. The molecular formula is C59H78F3N7O12S. The van der Waals surface area contributed by atoms with Gasteiger partial charge in [0.1, 0.15) is 30.1 Å². The lowest BCUT2D eigenvalue weighted by atomic mass is 9.81. The normalized spacial score (nSPS) is 17.8. The van der Waals surface area contributed by atoms with Crippen LogP contribution >= 0.6 is 11.3 Å². The molecule has 0 spiro atoms. The Morgan fingerprint density at radius 1 is 0.780 bits per heavy atom. The molecule has 82 heavy (non-hydrogen) atoms. The van der Waals surface area contributed by atoms with Gasteiger partial charge in [0.15, 0.2) is 0 Å². The van der Waals surface area contributed by atoms with Crippen LogP contribution in [0.15, 0.2) is 72.4 Å². The molecule has 448 valence electrons. The Hall–Kier alpha value is -6.34. The Labute approximate surface area is 481 Å². The van der Waals surface area contributed by atoms with Gasteiger partial charge in [0.05, 0.1) is 107 Å². The third-order valence-corrected chi connectivity index (χ3v) is 14.9. The van der Waals surface area contributed by atoms with Gasteiger partial charge in [-0.2, -0.15) is 13.2 Å². The number of rotatable bonds is 31. The number of halogens is 3. The van der Waals surface area contributed by atoms with Crippen LogP contribution < -0.4 is 26.0 Å². The maximum atomic E-state index is 13.9. The lowest BCUT2D eigenvalue weighted by Crippen LogP contribution is -2.58. The molecule has 4 aromatic rings. The molecule has 6 rings (SSSR count). The predicted molar refractivity (Wildman–Crippen MR) is 301 cm³/mol. The Morgan fingerprint density at radius 2 is 1.41 bits per heavy atom. The van der Waals surface area contributed by atoms with Crippen molar-refractivity contribution >= 4 is 46.9 Å². The number of methoxy groups -OCH3 is 1. The van der Waals surface area contributed by atoms with Gasteiger partial charge in [-0.25, -0.2) is 9.97 Å². The number of amides is 5. The van der Waals surface area contributed by atoms with Gasteiger partial charge in [-0.15, -0.1) is 11.3 Å². The van der Waals surface area contributed by atoms with Crippen LogP contribution in [0.25, 0.3) is 16.5 Å². The van der Waals surface area contributed by atoms with Gasteiger partial charge in [-0.05, 0) is 72.3 Å². The fourth-order valence-electron chi connectivity index (χ4n) is 9.42. The molecule has 0 radical (unpaired) electrons. The van der Waals surface area contributed by atoms with Crippen LogP contribution in [0.3, 0.4) is 0 Å². The average Bonchev–Trinajstić information content (AvgIpc) is 4.22. The zero-order valence-electron chi connectivity index (χ0n) is 47.4.